The van der Waals surface area contributed by atoms with E-state index in [-0.39, 0.29) is 92.6 Å². The molecule has 0 aromatic heterocycles. The maximum atomic E-state index is 12.1. The molecule has 0 radical (unpaired) electrons. The molecular formula is C32H22N6Na2O6S2. The van der Waals surface area contributed by atoms with Crippen LogP contribution in [-0.4, -0.2) is 25.9 Å². The zero-order valence-corrected chi connectivity index (χ0v) is 31.2. The Morgan fingerprint density at radius 2 is 0.771 bits per heavy atom. The minimum absolute atomic E-state index is 0. The van der Waals surface area contributed by atoms with Crippen LogP contribution in [0.3, 0.4) is 0 Å². The van der Waals surface area contributed by atoms with Crippen molar-refractivity contribution in [2.75, 3.05) is 11.5 Å². The molecule has 6 aromatic rings. The van der Waals surface area contributed by atoms with Gasteiger partial charge in [0.2, 0.25) is 0 Å². The molecule has 0 aliphatic rings. The van der Waals surface area contributed by atoms with Crippen LogP contribution < -0.4 is 70.6 Å². The van der Waals surface area contributed by atoms with E-state index >= 15 is 0 Å². The number of fused-ring (bicyclic) bond motifs is 2. The SMILES string of the molecule is Nc1cc(/N=N/c2ccc(-c3ccc(/N=N/c4cc(N)c5ccccc5c4S(=O)(=O)[O-])cc3)cc2)c(S(=O)(=O)[O-])c2ccccc12.[Na+].[Na+]. The zero-order valence-electron chi connectivity index (χ0n) is 25.6. The summed E-state index contributed by atoms with van der Waals surface area (Å²) >= 11 is 0. The monoisotopic (exact) mass is 696 g/mol. The predicted molar refractivity (Wildman–Crippen MR) is 173 cm³/mol. The summed E-state index contributed by atoms with van der Waals surface area (Å²) in [6.07, 6.45) is 0. The third-order valence-electron chi connectivity index (χ3n) is 7.13. The molecule has 16 heteroatoms. The normalized spacial score (nSPS) is 12.0. The number of rotatable bonds is 7. The Morgan fingerprint density at radius 1 is 0.458 bits per heavy atom. The van der Waals surface area contributed by atoms with Gasteiger partial charge in [-0.05, 0) is 47.5 Å². The molecule has 4 N–H and O–H groups in total. The third-order valence-corrected chi connectivity index (χ3v) is 8.99. The van der Waals surface area contributed by atoms with Crippen molar-refractivity contribution < 1.29 is 85.1 Å². The van der Waals surface area contributed by atoms with E-state index in [0.717, 1.165) is 11.1 Å². The van der Waals surface area contributed by atoms with Gasteiger partial charge in [0.1, 0.15) is 31.6 Å². The van der Waals surface area contributed by atoms with Crippen molar-refractivity contribution >= 4 is 75.9 Å². The number of hydrogen-bond acceptors (Lipinski definition) is 12. The third kappa shape index (κ3) is 7.84. The van der Waals surface area contributed by atoms with E-state index in [2.05, 4.69) is 20.5 Å². The molecule has 0 unspecified atom stereocenters. The van der Waals surface area contributed by atoms with Crippen LogP contribution in [0.4, 0.5) is 34.1 Å². The molecule has 0 atom stereocenters. The average molecular weight is 697 g/mol. The maximum absolute atomic E-state index is 12.1. The minimum atomic E-state index is -4.89. The summed E-state index contributed by atoms with van der Waals surface area (Å²) in [6.45, 7) is 0. The number of benzene rings is 6. The van der Waals surface area contributed by atoms with Gasteiger partial charge in [-0.15, -0.1) is 10.2 Å². The molecule has 12 nitrogen and oxygen atoms in total. The second-order valence-corrected chi connectivity index (χ2v) is 12.8. The van der Waals surface area contributed by atoms with Crippen LogP contribution in [0.1, 0.15) is 0 Å². The Bertz CT molecular complexity index is 2270. The van der Waals surface area contributed by atoms with Crippen LogP contribution in [0, 0.1) is 0 Å². The van der Waals surface area contributed by atoms with Gasteiger partial charge in [-0.1, -0.05) is 72.8 Å². The quantitative estimate of drug-likeness (QED) is 0.108. The molecule has 48 heavy (non-hydrogen) atoms. The van der Waals surface area contributed by atoms with Crippen molar-refractivity contribution in [3.05, 3.63) is 109 Å². The van der Waals surface area contributed by atoms with Crippen LogP contribution in [0.2, 0.25) is 0 Å². The number of nitrogen functional groups attached to an aromatic ring is 2. The van der Waals surface area contributed by atoms with E-state index in [4.69, 9.17) is 11.5 Å². The first-order valence-corrected chi connectivity index (χ1v) is 16.3. The average Bonchev–Trinajstić information content (AvgIpc) is 3.02. The molecule has 230 valence electrons. The smallest absolute Gasteiger partial charge is 0.744 e. The van der Waals surface area contributed by atoms with Crippen molar-refractivity contribution in [3.63, 3.8) is 0 Å². The molecule has 0 saturated carbocycles. The second kappa shape index (κ2) is 14.9. The molecule has 0 aliphatic carbocycles. The van der Waals surface area contributed by atoms with E-state index in [1.807, 2.05) is 0 Å². The van der Waals surface area contributed by atoms with Gasteiger partial charge in [-0.3, -0.25) is 0 Å². The Kier molecular flexibility index (Phi) is 11.6. The molecule has 0 aliphatic heterocycles. The molecule has 6 rings (SSSR count). The molecule has 0 bridgehead atoms. The van der Waals surface area contributed by atoms with Crippen LogP contribution in [0.5, 0.6) is 0 Å². The van der Waals surface area contributed by atoms with Crippen molar-refractivity contribution in [1.29, 1.82) is 0 Å². The molecule has 6 aromatic carbocycles. The summed E-state index contributed by atoms with van der Waals surface area (Å²) in [6, 6.07) is 29.1. The Hall–Kier alpha value is -3.54. The van der Waals surface area contributed by atoms with E-state index in [1.165, 1.54) is 24.3 Å². The van der Waals surface area contributed by atoms with Crippen molar-refractivity contribution in [2.24, 2.45) is 20.5 Å². The summed E-state index contributed by atoms with van der Waals surface area (Å²) in [5.41, 5.74) is 14.8. The van der Waals surface area contributed by atoms with E-state index in [0.29, 0.717) is 22.1 Å². The molecule has 0 heterocycles. The van der Waals surface area contributed by atoms with E-state index in [1.54, 1.807) is 84.9 Å². The first kappa shape index (κ1) is 37.3. The Morgan fingerprint density at radius 3 is 1.08 bits per heavy atom. The molecule has 0 fully saturated rings. The summed E-state index contributed by atoms with van der Waals surface area (Å²) in [5, 5.41) is 17.5. The van der Waals surface area contributed by atoms with Gasteiger partial charge < -0.3 is 20.6 Å². The van der Waals surface area contributed by atoms with Gasteiger partial charge in [-0.2, -0.15) is 10.2 Å². The van der Waals surface area contributed by atoms with E-state index < -0.39 is 30.0 Å². The fraction of sp³-hybridized carbons (Fsp3) is 0. The number of anilines is 2. The fourth-order valence-corrected chi connectivity index (χ4v) is 6.67. The van der Waals surface area contributed by atoms with Crippen molar-refractivity contribution in [2.45, 2.75) is 9.79 Å². The molecule has 0 spiro atoms. The van der Waals surface area contributed by atoms with Gasteiger partial charge in [0, 0.05) is 32.9 Å². The topological polar surface area (TPSA) is 216 Å². The van der Waals surface area contributed by atoms with Crippen molar-refractivity contribution in [1.82, 2.24) is 0 Å². The van der Waals surface area contributed by atoms with Gasteiger partial charge in [0.05, 0.1) is 21.2 Å². The van der Waals surface area contributed by atoms with Crippen LogP contribution in [-0.2, 0) is 20.2 Å². The first-order chi connectivity index (χ1) is 21.9. The van der Waals surface area contributed by atoms with Crippen LogP contribution in [0.25, 0.3) is 32.7 Å². The van der Waals surface area contributed by atoms with Crippen LogP contribution >= 0.6 is 0 Å². The van der Waals surface area contributed by atoms with Crippen molar-refractivity contribution in [3.8, 4) is 11.1 Å². The molecule has 0 saturated heterocycles. The zero-order chi connectivity index (χ0) is 32.6. The predicted octanol–water partition coefficient (Wildman–Crippen LogP) is 1.47. The number of azo groups is 2. The maximum Gasteiger partial charge on any atom is 1.00 e. The van der Waals surface area contributed by atoms with Gasteiger partial charge >= 0.3 is 59.1 Å². The molecule has 0 amide bonds. The Labute approximate surface area is 320 Å². The molecular weight excluding hydrogens is 675 g/mol. The summed E-state index contributed by atoms with van der Waals surface area (Å²) in [5.74, 6) is 0. The summed E-state index contributed by atoms with van der Waals surface area (Å²) < 4.78 is 72.6. The number of nitrogens with zero attached hydrogens (tertiary/aromatic N) is 4. The van der Waals surface area contributed by atoms with Gasteiger partial charge in [0.25, 0.3) is 0 Å². The number of hydrogen-bond donors (Lipinski definition) is 2. The standard InChI is InChI=1S/C32H24N6O6S2.2Na/c33-27-17-29(31(45(39,40)41)25-7-3-1-5-23(25)27)37-35-21-13-9-19(10-14-21)20-11-15-22(16-12-20)36-38-30-18-28(34)24-6-2-4-8-26(24)32(30)46(42,43)44;;/h1-18H,33-34H2,(H,39,40,41)(H,42,43,44);;/q;2*+1/p-2/b37-35+,38-36+;;. The summed E-state index contributed by atoms with van der Waals surface area (Å²) in [4.78, 5) is -0.991. The largest absolute Gasteiger partial charge is 1.00 e. The fourth-order valence-electron chi connectivity index (χ4n) is 5.06. The summed E-state index contributed by atoms with van der Waals surface area (Å²) in [7, 11) is -9.77. The minimum Gasteiger partial charge on any atom is -0.744 e. The van der Waals surface area contributed by atoms with Gasteiger partial charge in [0.15, 0.2) is 0 Å². The second-order valence-electron chi connectivity index (χ2n) is 10.1. The van der Waals surface area contributed by atoms with Crippen LogP contribution in [0.15, 0.2) is 139 Å². The first-order valence-electron chi connectivity index (χ1n) is 13.5. The Balaban J connectivity index is 0.00000260. The van der Waals surface area contributed by atoms with Gasteiger partial charge in [-0.25, -0.2) is 16.8 Å². The number of nitrogens with two attached hydrogens (primary N) is 2. The van der Waals surface area contributed by atoms with E-state index in [9.17, 15) is 25.9 Å².